The van der Waals surface area contributed by atoms with Crippen LogP contribution in [0, 0.1) is 0 Å². The highest BCUT2D eigenvalue weighted by Crippen LogP contribution is 2.38. The highest BCUT2D eigenvalue weighted by Gasteiger charge is 2.47. The maximum atomic E-state index is 12.8. The number of halogens is 3. The highest BCUT2D eigenvalue weighted by molar-refractivity contribution is 7.86. The van der Waals surface area contributed by atoms with Gasteiger partial charge in [-0.1, -0.05) is 20.8 Å². The quantitative estimate of drug-likeness (QED) is 0.531. The van der Waals surface area contributed by atoms with Crippen molar-refractivity contribution < 1.29 is 35.0 Å². The first-order valence-corrected chi connectivity index (χ1v) is 12.6. The fourth-order valence-corrected chi connectivity index (χ4v) is 4.34. The molecule has 0 unspecified atom stereocenters. The van der Waals surface area contributed by atoms with E-state index in [1.54, 1.807) is 0 Å². The van der Waals surface area contributed by atoms with Crippen LogP contribution >= 0.6 is 0 Å². The van der Waals surface area contributed by atoms with Crippen molar-refractivity contribution in [1.29, 1.82) is 0 Å². The zero-order chi connectivity index (χ0) is 19.8. The van der Waals surface area contributed by atoms with Gasteiger partial charge in [-0.25, -0.2) is 0 Å². The number of hydrogen-bond acceptors (Lipinski definition) is 5. The fourth-order valence-electron chi connectivity index (χ4n) is 2.35. The van der Waals surface area contributed by atoms with Crippen LogP contribution in [0.1, 0.15) is 27.2 Å². The van der Waals surface area contributed by atoms with E-state index >= 15 is 0 Å². The van der Waals surface area contributed by atoms with E-state index in [1.165, 1.54) is 0 Å². The molecule has 25 heavy (non-hydrogen) atoms. The van der Waals surface area contributed by atoms with Gasteiger partial charge in [-0.15, -0.1) is 0 Å². The van der Waals surface area contributed by atoms with Crippen LogP contribution in [0.2, 0.25) is 18.1 Å². The van der Waals surface area contributed by atoms with Crippen LogP contribution in [0.5, 0.6) is 0 Å². The van der Waals surface area contributed by atoms with E-state index in [9.17, 15) is 26.4 Å². The molecule has 0 radical (unpaired) electrons. The lowest BCUT2D eigenvalue weighted by molar-refractivity contribution is -0.189. The van der Waals surface area contributed by atoms with Gasteiger partial charge >= 0.3 is 12.1 Å². The van der Waals surface area contributed by atoms with E-state index in [0.717, 1.165) is 6.26 Å². The first kappa shape index (κ1) is 22.4. The van der Waals surface area contributed by atoms with Crippen LogP contribution in [0.25, 0.3) is 0 Å². The summed E-state index contributed by atoms with van der Waals surface area (Å²) in [6.45, 7) is 9.12. The van der Waals surface area contributed by atoms with E-state index in [1.807, 2.05) is 33.9 Å². The standard InChI is InChI=1S/C14H26F3NO5SSi/c1-13(2,3)25(5,6)23-11-7-10(22-24(4,20)21)8-18(9-11)12(19)14(15,16)17/h10-11H,7-9H2,1-6H3/t10-,11-/m1/s1. The summed E-state index contributed by atoms with van der Waals surface area (Å²) < 4.78 is 71.9. The molecular weight excluding hydrogens is 379 g/mol. The minimum Gasteiger partial charge on any atom is -0.412 e. The lowest BCUT2D eigenvalue weighted by Crippen LogP contribution is -2.56. The van der Waals surface area contributed by atoms with Gasteiger partial charge < -0.3 is 9.33 Å². The number of amides is 1. The van der Waals surface area contributed by atoms with Crippen LogP contribution in [0.3, 0.4) is 0 Å². The largest absolute Gasteiger partial charge is 0.471 e. The van der Waals surface area contributed by atoms with E-state index in [0.29, 0.717) is 4.90 Å². The highest BCUT2D eigenvalue weighted by atomic mass is 32.2. The number of likely N-dealkylation sites (tertiary alicyclic amines) is 1. The molecule has 0 saturated carbocycles. The monoisotopic (exact) mass is 405 g/mol. The second-order valence-electron chi connectivity index (χ2n) is 7.87. The van der Waals surface area contributed by atoms with Crippen molar-refractivity contribution in [3.63, 3.8) is 0 Å². The van der Waals surface area contributed by atoms with Gasteiger partial charge in [0.1, 0.15) is 0 Å². The van der Waals surface area contributed by atoms with Crippen molar-refractivity contribution in [3.05, 3.63) is 0 Å². The Morgan fingerprint density at radius 3 is 2.00 bits per heavy atom. The topological polar surface area (TPSA) is 72.9 Å². The average molecular weight is 406 g/mol. The predicted octanol–water partition coefficient (Wildman–Crippen LogP) is 2.52. The summed E-state index contributed by atoms with van der Waals surface area (Å²) in [6.07, 6.45) is -5.88. The van der Waals surface area contributed by atoms with Gasteiger partial charge in [-0.2, -0.15) is 21.6 Å². The first-order chi connectivity index (χ1) is 10.9. The molecule has 0 aliphatic carbocycles. The zero-order valence-electron chi connectivity index (χ0n) is 15.3. The molecule has 1 saturated heterocycles. The molecule has 6 nitrogen and oxygen atoms in total. The van der Waals surface area contributed by atoms with Crippen molar-refractivity contribution in [3.8, 4) is 0 Å². The van der Waals surface area contributed by atoms with Crippen molar-refractivity contribution in [2.24, 2.45) is 0 Å². The molecule has 0 aromatic carbocycles. The fraction of sp³-hybridized carbons (Fsp3) is 0.929. The molecule has 1 heterocycles. The predicted molar refractivity (Wildman–Crippen MR) is 89.0 cm³/mol. The molecule has 1 amide bonds. The molecule has 1 aliphatic heterocycles. The number of hydrogen-bond donors (Lipinski definition) is 0. The summed E-state index contributed by atoms with van der Waals surface area (Å²) in [5, 5.41) is -0.184. The van der Waals surface area contributed by atoms with E-state index in [4.69, 9.17) is 8.61 Å². The Morgan fingerprint density at radius 1 is 1.12 bits per heavy atom. The van der Waals surface area contributed by atoms with Gasteiger partial charge in [0.25, 0.3) is 10.1 Å². The van der Waals surface area contributed by atoms with Crippen molar-refractivity contribution in [1.82, 2.24) is 4.90 Å². The Labute approximate surface area is 147 Å². The maximum Gasteiger partial charge on any atom is 0.471 e. The van der Waals surface area contributed by atoms with E-state index in [-0.39, 0.29) is 18.0 Å². The maximum absolute atomic E-state index is 12.8. The Hall–Kier alpha value is -0.653. The molecule has 0 aromatic rings. The SMILES string of the molecule is CC(C)(C)[Si](C)(C)O[C@@H]1C[C@@H](OS(C)(=O)=O)CN(C(=O)C(F)(F)F)C1. The normalized spacial score (nSPS) is 23.6. The van der Waals surface area contributed by atoms with Gasteiger partial charge in [0.15, 0.2) is 8.32 Å². The zero-order valence-corrected chi connectivity index (χ0v) is 17.1. The summed E-state index contributed by atoms with van der Waals surface area (Å²) >= 11 is 0. The summed E-state index contributed by atoms with van der Waals surface area (Å²) in [5.41, 5.74) is 0. The van der Waals surface area contributed by atoms with Crippen LogP contribution in [0.4, 0.5) is 13.2 Å². The lowest BCUT2D eigenvalue weighted by Gasteiger charge is -2.44. The van der Waals surface area contributed by atoms with Crippen molar-refractivity contribution in [2.75, 3.05) is 19.3 Å². The molecule has 11 heteroatoms. The van der Waals surface area contributed by atoms with Crippen LogP contribution in [-0.4, -0.2) is 65.3 Å². The van der Waals surface area contributed by atoms with Crippen LogP contribution in [-0.2, 0) is 23.5 Å². The third-order valence-electron chi connectivity index (χ3n) is 4.48. The van der Waals surface area contributed by atoms with Gasteiger partial charge in [-0.3, -0.25) is 8.98 Å². The molecule has 1 fully saturated rings. The van der Waals surface area contributed by atoms with E-state index < -0.39 is 49.3 Å². The molecular formula is C14H26F3NO5SSi. The molecule has 0 aromatic heterocycles. The minimum atomic E-state index is -5.03. The van der Waals surface area contributed by atoms with E-state index in [2.05, 4.69) is 0 Å². The minimum absolute atomic E-state index is 0.112. The van der Waals surface area contributed by atoms with Crippen LogP contribution in [0.15, 0.2) is 0 Å². The first-order valence-electron chi connectivity index (χ1n) is 7.84. The molecule has 0 spiro atoms. The summed E-state index contributed by atoms with van der Waals surface area (Å²) in [4.78, 5) is 12.2. The second-order valence-corrected chi connectivity index (χ2v) is 14.2. The molecule has 0 bridgehead atoms. The number of nitrogens with zero attached hydrogens (tertiary/aromatic N) is 1. The Bertz CT molecular complexity index is 601. The second kappa shape index (κ2) is 7.16. The molecule has 148 valence electrons. The summed E-state index contributed by atoms with van der Waals surface area (Å²) in [7, 11) is -6.18. The smallest absolute Gasteiger partial charge is 0.412 e. The molecule has 1 rings (SSSR count). The van der Waals surface area contributed by atoms with Gasteiger partial charge in [-0.05, 0) is 18.1 Å². The third-order valence-corrected chi connectivity index (χ3v) is 9.64. The molecule has 2 atom stereocenters. The lowest BCUT2D eigenvalue weighted by atomic mass is 10.1. The Balaban J connectivity index is 3.02. The van der Waals surface area contributed by atoms with Gasteiger partial charge in [0, 0.05) is 19.5 Å². The Morgan fingerprint density at radius 2 is 1.60 bits per heavy atom. The molecule has 1 aliphatic rings. The molecule has 0 N–H and O–H groups in total. The third kappa shape index (κ3) is 6.54. The van der Waals surface area contributed by atoms with Gasteiger partial charge in [0.05, 0.1) is 18.5 Å². The number of piperidine rings is 1. The number of rotatable bonds is 4. The number of carbonyl (C=O) groups excluding carboxylic acids is 1. The average Bonchev–Trinajstić information content (AvgIpc) is 2.32. The van der Waals surface area contributed by atoms with Crippen molar-refractivity contribution in [2.45, 2.75) is 63.7 Å². The number of alkyl halides is 3. The van der Waals surface area contributed by atoms with Crippen molar-refractivity contribution >= 4 is 24.3 Å². The number of carbonyl (C=O) groups is 1. The summed E-state index contributed by atoms with van der Waals surface area (Å²) in [5.74, 6) is -2.02. The van der Waals surface area contributed by atoms with Crippen LogP contribution < -0.4 is 0 Å². The Kier molecular flexibility index (Phi) is 6.41. The summed E-state index contributed by atoms with van der Waals surface area (Å²) in [6, 6.07) is 0. The van der Waals surface area contributed by atoms with Gasteiger partial charge in [0.2, 0.25) is 0 Å².